The maximum Gasteiger partial charge on any atom is 0.358 e. The van der Waals surface area contributed by atoms with E-state index >= 15 is 0 Å². The number of carboxylic acid groups (broad SMARTS) is 1. The largest absolute Gasteiger partial charge is 0.476 e. The summed E-state index contributed by atoms with van der Waals surface area (Å²) in [5.41, 5.74) is 0.742. The lowest BCUT2D eigenvalue weighted by Gasteiger charge is -2.08. The van der Waals surface area contributed by atoms with Crippen LogP contribution in [-0.4, -0.2) is 39.3 Å². The van der Waals surface area contributed by atoms with E-state index in [0.29, 0.717) is 31.2 Å². The normalized spacial score (nSPS) is 11.2. The SMILES string of the molecule is CCCc1c(C(=O)O)nnn1CCOCCC(C)C. The lowest BCUT2D eigenvalue weighted by molar-refractivity contribution is 0.0688. The molecule has 0 aliphatic carbocycles. The maximum atomic E-state index is 11.0. The van der Waals surface area contributed by atoms with Gasteiger partial charge in [0.05, 0.1) is 18.8 Å². The zero-order chi connectivity index (χ0) is 14.3. The van der Waals surface area contributed by atoms with Crippen molar-refractivity contribution in [1.29, 1.82) is 0 Å². The van der Waals surface area contributed by atoms with Crippen molar-refractivity contribution < 1.29 is 14.6 Å². The first kappa shape index (κ1) is 15.6. The molecule has 1 rings (SSSR count). The van der Waals surface area contributed by atoms with E-state index in [4.69, 9.17) is 9.84 Å². The molecule has 0 unspecified atom stereocenters. The summed E-state index contributed by atoms with van der Waals surface area (Å²) >= 11 is 0. The summed E-state index contributed by atoms with van der Waals surface area (Å²) in [6, 6.07) is 0. The van der Waals surface area contributed by atoms with Crippen LogP contribution in [0.25, 0.3) is 0 Å². The monoisotopic (exact) mass is 269 g/mol. The Morgan fingerprint density at radius 2 is 2.16 bits per heavy atom. The molecule has 0 saturated carbocycles. The summed E-state index contributed by atoms with van der Waals surface area (Å²) in [5, 5.41) is 16.6. The van der Waals surface area contributed by atoms with Crippen LogP contribution in [0.15, 0.2) is 0 Å². The van der Waals surface area contributed by atoms with Crippen molar-refractivity contribution in [1.82, 2.24) is 15.0 Å². The number of aromatic nitrogens is 3. The number of carboxylic acids is 1. The smallest absolute Gasteiger partial charge is 0.358 e. The van der Waals surface area contributed by atoms with Crippen LogP contribution in [0.3, 0.4) is 0 Å². The van der Waals surface area contributed by atoms with Gasteiger partial charge in [-0.1, -0.05) is 32.4 Å². The first-order valence-electron chi connectivity index (χ1n) is 6.79. The van der Waals surface area contributed by atoms with E-state index in [1.54, 1.807) is 4.68 Å². The molecule has 0 fully saturated rings. The number of carbonyl (C=O) groups is 1. The van der Waals surface area contributed by atoms with Crippen LogP contribution in [0.4, 0.5) is 0 Å². The Morgan fingerprint density at radius 3 is 2.74 bits per heavy atom. The van der Waals surface area contributed by atoms with E-state index < -0.39 is 5.97 Å². The second kappa shape index (κ2) is 7.89. The van der Waals surface area contributed by atoms with E-state index in [-0.39, 0.29) is 5.69 Å². The van der Waals surface area contributed by atoms with E-state index in [9.17, 15) is 4.79 Å². The average Bonchev–Trinajstić information content (AvgIpc) is 2.72. The topological polar surface area (TPSA) is 77.2 Å². The van der Waals surface area contributed by atoms with Crippen LogP contribution < -0.4 is 0 Å². The number of hydrogen-bond acceptors (Lipinski definition) is 4. The molecule has 0 atom stereocenters. The van der Waals surface area contributed by atoms with Gasteiger partial charge in [0.2, 0.25) is 0 Å². The standard InChI is InChI=1S/C13H23N3O3/c1-4-5-11-12(13(17)18)14-15-16(11)7-9-19-8-6-10(2)3/h10H,4-9H2,1-3H3,(H,17,18). The minimum Gasteiger partial charge on any atom is -0.476 e. The number of nitrogens with zero attached hydrogens (tertiary/aromatic N) is 3. The van der Waals surface area contributed by atoms with Gasteiger partial charge in [-0.05, 0) is 18.8 Å². The highest BCUT2D eigenvalue weighted by atomic mass is 16.5. The summed E-state index contributed by atoms with van der Waals surface area (Å²) < 4.78 is 7.16. The number of ether oxygens (including phenoxy) is 1. The Labute approximate surface area is 113 Å². The highest BCUT2D eigenvalue weighted by Gasteiger charge is 2.17. The van der Waals surface area contributed by atoms with Crippen molar-refractivity contribution >= 4 is 5.97 Å². The lowest BCUT2D eigenvalue weighted by Crippen LogP contribution is -2.13. The van der Waals surface area contributed by atoms with Gasteiger partial charge in [0.25, 0.3) is 0 Å². The molecule has 1 N–H and O–H groups in total. The van der Waals surface area contributed by atoms with Crippen LogP contribution in [0.1, 0.15) is 49.8 Å². The van der Waals surface area contributed by atoms with Gasteiger partial charge in [-0.25, -0.2) is 9.48 Å². The van der Waals surface area contributed by atoms with Gasteiger partial charge in [-0.15, -0.1) is 5.10 Å². The van der Waals surface area contributed by atoms with Crippen LogP contribution in [0.5, 0.6) is 0 Å². The predicted octanol–water partition coefficient (Wildman–Crippen LogP) is 1.99. The zero-order valence-electron chi connectivity index (χ0n) is 11.9. The van der Waals surface area contributed by atoms with Crippen LogP contribution in [-0.2, 0) is 17.7 Å². The molecular formula is C13H23N3O3. The fourth-order valence-corrected chi connectivity index (χ4v) is 1.73. The van der Waals surface area contributed by atoms with Gasteiger partial charge >= 0.3 is 5.97 Å². The molecule has 0 aromatic carbocycles. The minimum absolute atomic E-state index is 0.0593. The van der Waals surface area contributed by atoms with E-state index in [0.717, 1.165) is 19.4 Å². The number of rotatable bonds is 9. The van der Waals surface area contributed by atoms with Crippen molar-refractivity contribution in [3.05, 3.63) is 11.4 Å². The van der Waals surface area contributed by atoms with Gasteiger partial charge in [-0.2, -0.15) is 0 Å². The van der Waals surface area contributed by atoms with Gasteiger partial charge in [0.15, 0.2) is 5.69 Å². The fraction of sp³-hybridized carbons (Fsp3) is 0.769. The van der Waals surface area contributed by atoms with Crippen molar-refractivity contribution in [2.75, 3.05) is 13.2 Å². The van der Waals surface area contributed by atoms with Crippen molar-refractivity contribution in [3.63, 3.8) is 0 Å². The quantitative estimate of drug-likeness (QED) is 0.694. The highest BCUT2D eigenvalue weighted by Crippen LogP contribution is 2.08. The van der Waals surface area contributed by atoms with Gasteiger partial charge in [0, 0.05) is 6.61 Å². The molecule has 0 aliphatic heterocycles. The molecule has 19 heavy (non-hydrogen) atoms. The minimum atomic E-state index is -1.02. The molecule has 6 nitrogen and oxygen atoms in total. The molecule has 0 radical (unpaired) electrons. The summed E-state index contributed by atoms with van der Waals surface area (Å²) in [6.07, 6.45) is 2.56. The summed E-state index contributed by atoms with van der Waals surface area (Å²) in [7, 11) is 0. The molecule has 0 amide bonds. The Bertz CT molecular complexity index is 402. The Morgan fingerprint density at radius 1 is 1.42 bits per heavy atom. The molecule has 6 heteroatoms. The van der Waals surface area contributed by atoms with Gasteiger partial charge in [0.1, 0.15) is 0 Å². The summed E-state index contributed by atoms with van der Waals surface area (Å²) in [6.45, 7) is 8.11. The van der Waals surface area contributed by atoms with Crippen LogP contribution in [0, 0.1) is 5.92 Å². The van der Waals surface area contributed by atoms with Gasteiger partial charge < -0.3 is 9.84 Å². The van der Waals surface area contributed by atoms with E-state index in [1.807, 2.05) is 6.92 Å². The molecule has 0 bridgehead atoms. The Kier molecular flexibility index (Phi) is 6.49. The molecule has 1 heterocycles. The first-order valence-corrected chi connectivity index (χ1v) is 6.79. The predicted molar refractivity (Wildman–Crippen MR) is 71.3 cm³/mol. The second-order valence-electron chi connectivity index (χ2n) is 4.96. The van der Waals surface area contributed by atoms with E-state index in [2.05, 4.69) is 24.2 Å². The summed E-state index contributed by atoms with van der Waals surface area (Å²) in [4.78, 5) is 11.0. The maximum absolute atomic E-state index is 11.0. The summed E-state index contributed by atoms with van der Waals surface area (Å²) in [5.74, 6) is -0.393. The third-order valence-corrected chi connectivity index (χ3v) is 2.81. The Balaban J connectivity index is 2.51. The third kappa shape index (κ3) is 4.98. The fourth-order valence-electron chi connectivity index (χ4n) is 1.73. The highest BCUT2D eigenvalue weighted by molar-refractivity contribution is 5.86. The molecule has 1 aromatic rings. The molecular weight excluding hydrogens is 246 g/mol. The Hall–Kier alpha value is -1.43. The average molecular weight is 269 g/mol. The van der Waals surface area contributed by atoms with Crippen LogP contribution in [0.2, 0.25) is 0 Å². The molecule has 1 aromatic heterocycles. The van der Waals surface area contributed by atoms with Gasteiger partial charge in [-0.3, -0.25) is 0 Å². The molecule has 0 spiro atoms. The molecule has 0 aliphatic rings. The lowest BCUT2D eigenvalue weighted by atomic mass is 10.1. The third-order valence-electron chi connectivity index (χ3n) is 2.81. The first-order chi connectivity index (χ1) is 9.06. The van der Waals surface area contributed by atoms with Crippen molar-refractivity contribution in [3.8, 4) is 0 Å². The van der Waals surface area contributed by atoms with Crippen LogP contribution >= 0.6 is 0 Å². The zero-order valence-corrected chi connectivity index (χ0v) is 11.9. The molecule has 108 valence electrons. The van der Waals surface area contributed by atoms with E-state index in [1.165, 1.54) is 0 Å². The van der Waals surface area contributed by atoms with Crippen molar-refractivity contribution in [2.24, 2.45) is 5.92 Å². The number of aromatic carboxylic acids is 1. The number of hydrogen-bond donors (Lipinski definition) is 1. The molecule has 0 saturated heterocycles. The second-order valence-corrected chi connectivity index (χ2v) is 4.96. The van der Waals surface area contributed by atoms with Crippen molar-refractivity contribution in [2.45, 2.75) is 46.6 Å².